The van der Waals surface area contributed by atoms with E-state index in [9.17, 15) is 30.7 Å². The third-order valence-electron chi connectivity index (χ3n) is 6.20. The number of unbranched alkanes of at least 4 members (excludes halogenated alkanes) is 2. The van der Waals surface area contributed by atoms with Gasteiger partial charge in [-0.25, -0.2) is 4.98 Å². The zero-order valence-corrected chi connectivity index (χ0v) is 22.6. The predicted molar refractivity (Wildman–Crippen MR) is 141 cm³/mol. The Balaban J connectivity index is 2.05. The summed E-state index contributed by atoms with van der Waals surface area (Å²) in [6.45, 7) is 0.428. The SMILES string of the molecule is C/N=c1\cc2oc3cc(NC)c(S(=O)(=O)O)cc3c(-c3nccn3CCCCCC(=O)O)c-2cc1S(=O)(=O)O. The molecule has 0 fully saturated rings. The Morgan fingerprint density at radius 1 is 1.05 bits per heavy atom. The highest BCUT2D eigenvalue weighted by Gasteiger charge is 2.27. The van der Waals surface area contributed by atoms with Crippen LogP contribution in [0.25, 0.3) is 33.7 Å². The summed E-state index contributed by atoms with van der Waals surface area (Å²) in [6, 6.07) is 5.11. The Bertz CT molecular complexity index is 1820. The lowest BCUT2D eigenvalue weighted by atomic mass is 9.98. The molecule has 13 nitrogen and oxygen atoms in total. The van der Waals surface area contributed by atoms with Crippen molar-refractivity contribution in [3.05, 3.63) is 42.0 Å². The fourth-order valence-corrected chi connectivity index (χ4v) is 5.80. The van der Waals surface area contributed by atoms with E-state index in [1.54, 1.807) is 10.8 Å². The second-order valence-electron chi connectivity index (χ2n) is 8.71. The third kappa shape index (κ3) is 5.80. The zero-order valence-electron chi connectivity index (χ0n) is 20.9. The van der Waals surface area contributed by atoms with Gasteiger partial charge in [0.25, 0.3) is 20.2 Å². The Kier molecular flexibility index (Phi) is 7.79. The predicted octanol–water partition coefficient (Wildman–Crippen LogP) is 3.11. The van der Waals surface area contributed by atoms with E-state index in [-0.39, 0.29) is 39.8 Å². The van der Waals surface area contributed by atoms with Crippen LogP contribution < -0.4 is 10.7 Å². The summed E-state index contributed by atoms with van der Waals surface area (Å²) >= 11 is 0. The number of aliphatic carboxylic acids is 1. The molecule has 0 atom stereocenters. The minimum Gasteiger partial charge on any atom is -0.481 e. The van der Waals surface area contributed by atoms with Crippen molar-refractivity contribution in [2.45, 2.75) is 42.0 Å². The van der Waals surface area contributed by atoms with Gasteiger partial charge in [0, 0.05) is 68.1 Å². The molecule has 39 heavy (non-hydrogen) atoms. The summed E-state index contributed by atoms with van der Waals surface area (Å²) in [5.74, 6) is -0.365. The number of nitrogens with zero attached hydrogens (tertiary/aromatic N) is 3. The lowest BCUT2D eigenvalue weighted by molar-refractivity contribution is -0.137. The zero-order chi connectivity index (χ0) is 28.5. The number of fused-ring (bicyclic) bond motifs is 2. The molecule has 2 aromatic rings. The number of nitrogens with one attached hydrogen (secondary N) is 1. The molecule has 1 aromatic heterocycles. The maximum Gasteiger partial charge on any atom is 0.303 e. The number of carbonyl (C=O) groups is 1. The van der Waals surface area contributed by atoms with Gasteiger partial charge in [-0.3, -0.25) is 18.9 Å². The van der Waals surface area contributed by atoms with Crippen LogP contribution in [0.15, 0.2) is 55.9 Å². The number of aryl methyl sites for hydroxylation is 1. The number of carboxylic acid groups (broad SMARTS) is 1. The lowest BCUT2D eigenvalue weighted by Gasteiger charge is -2.18. The van der Waals surface area contributed by atoms with Gasteiger partial charge in [-0.1, -0.05) is 6.42 Å². The molecule has 15 heteroatoms. The fraction of sp³-hybridized carbons (Fsp3) is 0.292. The van der Waals surface area contributed by atoms with Crippen LogP contribution in [0.1, 0.15) is 25.7 Å². The molecule has 4 N–H and O–H groups in total. The van der Waals surface area contributed by atoms with Crippen LogP contribution >= 0.6 is 0 Å². The Morgan fingerprint density at radius 2 is 1.77 bits per heavy atom. The molecule has 1 aromatic carbocycles. The van der Waals surface area contributed by atoms with Crippen LogP contribution in [-0.4, -0.2) is 60.7 Å². The summed E-state index contributed by atoms with van der Waals surface area (Å²) < 4.78 is 76.3. The van der Waals surface area contributed by atoms with Gasteiger partial charge in [-0.15, -0.1) is 0 Å². The summed E-state index contributed by atoms with van der Waals surface area (Å²) in [5, 5.41) is 11.7. The Labute approximate surface area is 223 Å². The van der Waals surface area contributed by atoms with E-state index in [4.69, 9.17) is 9.52 Å². The minimum absolute atomic E-state index is 0.0433. The number of benzene rings is 2. The van der Waals surface area contributed by atoms with Crippen molar-refractivity contribution in [2.75, 3.05) is 19.4 Å². The average molecular weight is 579 g/mol. The normalized spacial score (nSPS) is 12.9. The first-order chi connectivity index (χ1) is 18.3. The number of hydrogen-bond acceptors (Lipinski definition) is 9. The molecule has 208 valence electrons. The molecule has 0 radical (unpaired) electrons. The van der Waals surface area contributed by atoms with Crippen LogP contribution in [0.5, 0.6) is 0 Å². The van der Waals surface area contributed by atoms with E-state index in [2.05, 4.69) is 15.3 Å². The molecule has 2 heterocycles. The van der Waals surface area contributed by atoms with Crippen molar-refractivity contribution in [3.63, 3.8) is 0 Å². The number of rotatable bonds is 10. The van der Waals surface area contributed by atoms with Gasteiger partial charge in [0.2, 0.25) is 0 Å². The maximum atomic E-state index is 12.2. The number of anilines is 1. The van der Waals surface area contributed by atoms with E-state index in [0.29, 0.717) is 37.2 Å². The molecule has 1 aliphatic carbocycles. The molecular formula is C24H26N4O9S2. The Hall–Kier alpha value is -3.79. The van der Waals surface area contributed by atoms with E-state index in [0.717, 1.165) is 0 Å². The van der Waals surface area contributed by atoms with Crippen LogP contribution in [0.2, 0.25) is 0 Å². The second-order valence-corrected chi connectivity index (χ2v) is 11.5. The molecule has 0 bridgehead atoms. The highest BCUT2D eigenvalue weighted by atomic mass is 32.2. The molecule has 0 spiro atoms. The van der Waals surface area contributed by atoms with Gasteiger partial charge >= 0.3 is 5.97 Å². The first kappa shape index (κ1) is 28.2. The lowest BCUT2D eigenvalue weighted by Crippen LogP contribution is -2.16. The van der Waals surface area contributed by atoms with Crippen molar-refractivity contribution in [1.29, 1.82) is 0 Å². The largest absolute Gasteiger partial charge is 0.481 e. The molecule has 0 unspecified atom stereocenters. The van der Waals surface area contributed by atoms with Crippen LogP contribution in [-0.2, 0) is 31.6 Å². The van der Waals surface area contributed by atoms with Crippen molar-refractivity contribution in [1.82, 2.24) is 9.55 Å². The summed E-state index contributed by atoms with van der Waals surface area (Å²) in [6.07, 6.45) is 4.96. The maximum absolute atomic E-state index is 12.2. The van der Waals surface area contributed by atoms with Gasteiger partial charge in [0.05, 0.1) is 11.0 Å². The fourth-order valence-electron chi connectivity index (χ4n) is 4.42. The van der Waals surface area contributed by atoms with Gasteiger partial charge in [0.15, 0.2) is 0 Å². The van der Waals surface area contributed by atoms with E-state index in [1.807, 2.05) is 0 Å². The first-order valence-electron chi connectivity index (χ1n) is 11.7. The molecule has 2 aliphatic rings. The molecule has 0 saturated carbocycles. The average Bonchev–Trinajstić information content (AvgIpc) is 3.32. The molecule has 4 rings (SSSR count). The van der Waals surface area contributed by atoms with E-state index in [1.165, 1.54) is 44.6 Å². The highest BCUT2D eigenvalue weighted by molar-refractivity contribution is 7.86. The van der Waals surface area contributed by atoms with Gasteiger partial charge in [0.1, 0.15) is 27.0 Å². The van der Waals surface area contributed by atoms with Crippen LogP contribution in [0.4, 0.5) is 5.69 Å². The highest BCUT2D eigenvalue weighted by Crippen LogP contribution is 2.42. The molecular weight excluding hydrogens is 552 g/mol. The third-order valence-corrected chi connectivity index (χ3v) is 7.97. The number of carboxylic acids is 1. The topological polar surface area (TPSA) is 201 Å². The van der Waals surface area contributed by atoms with Gasteiger partial charge < -0.3 is 19.4 Å². The number of imidazole rings is 1. The summed E-state index contributed by atoms with van der Waals surface area (Å²) in [5.41, 5.74) is 0.754. The van der Waals surface area contributed by atoms with Crippen LogP contribution in [0, 0.1) is 0 Å². The standard InChI is InChI=1S/C24H26N4O9S2/c1-25-16-12-18-14(10-20(16)38(31,32)33)23(24-27-7-9-28(24)8-5-3-4-6-22(29)30)15-11-21(39(34,35)36)17(26-2)13-19(15)37-18/h7,9-13,25H,3-6,8H2,1-2H3,(H,29,30)(H,31,32,33)(H,34,35,36)/b26-17+. The second kappa shape index (κ2) is 10.8. The molecule has 0 saturated heterocycles. The number of hydrogen-bond donors (Lipinski definition) is 4. The van der Waals surface area contributed by atoms with Crippen molar-refractivity contribution >= 4 is 42.9 Å². The van der Waals surface area contributed by atoms with E-state index < -0.39 is 36.0 Å². The van der Waals surface area contributed by atoms with Gasteiger partial charge in [-0.05, 0) is 25.0 Å². The summed E-state index contributed by atoms with van der Waals surface area (Å²) in [7, 11) is -6.57. The van der Waals surface area contributed by atoms with Crippen molar-refractivity contribution in [2.24, 2.45) is 4.99 Å². The monoisotopic (exact) mass is 578 g/mol. The van der Waals surface area contributed by atoms with Crippen LogP contribution in [0.3, 0.4) is 0 Å². The first-order valence-corrected chi connectivity index (χ1v) is 14.6. The number of aromatic nitrogens is 2. The van der Waals surface area contributed by atoms with E-state index >= 15 is 0 Å². The minimum atomic E-state index is -4.71. The molecule has 0 amide bonds. The summed E-state index contributed by atoms with van der Waals surface area (Å²) in [4.78, 5) is 18.3. The smallest absolute Gasteiger partial charge is 0.303 e. The quantitative estimate of drug-likeness (QED) is 0.122. The van der Waals surface area contributed by atoms with Gasteiger partial charge in [-0.2, -0.15) is 16.8 Å². The molecule has 1 aliphatic heterocycles. The van der Waals surface area contributed by atoms with Crippen molar-refractivity contribution < 1.29 is 40.3 Å². The Morgan fingerprint density at radius 3 is 2.38 bits per heavy atom. The van der Waals surface area contributed by atoms with Crippen molar-refractivity contribution in [3.8, 4) is 22.7 Å².